The highest BCUT2D eigenvalue weighted by atomic mass is 35.5. The molecule has 3 nitrogen and oxygen atoms in total. The monoisotopic (exact) mass is 309 g/mol. The highest BCUT2D eigenvalue weighted by Gasteiger charge is 2.43. The highest BCUT2D eigenvalue weighted by molar-refractivity contribution is 7.21. The van der Waals surface area contributed by atoms with Gasteiger partial charge in [-0.25, -0.2) is 0 Å². The Morgan fingerprint density at radius 1 is 1.45 bits per heavy atom. The van der Waals surface area contributed by atoms with Crippen molar-refractivity contribution in [3.05, 3.63) is 34.2 Å². The standard InChI is InChI=1S/C15H16ClNO2S/c1-2-7-15(19)8-17(9-15)14(18)13-12(16)10-5-3-4-6-11(10)20-13/h3-6,19H,2,7-9H2,1H3. The summed E-state index contributed by atoms with van der Waals surface area (Å²) in [5.41, 5.74) is -0.701. The van der Waals surface area contributed by atoms with E-state index in [0.29, 0.717) is 23.0 Å². The Kier molecular flexibility index (Phi) is 3.48. The Balaban J connectivity index is 1.82. The van der Waals surface area contributed by atoms with Gasteiger partial charge in [-0.1, -0.05) is 43.1 Å². The molecule has 1 fully saturated rings. The van der Waals surface area contributed by atoms with E-state index in [2.05, 4.69) is 0 Å². The van der Waals surface area contributed by atoms with E-state index in [9.17, 15) is 9.90 Å². The van der Waals surface area contributed by atoms with Gasteiger partial charge < -0.3 is 10.0 Å². The molecule has 0 atom stereocenters. The van der Waals surface area contributed by atoms with Gasteiger partial charge in [-0.2, -0.15) is 0 Å². The highest BCUT2D eigenvalue weighted by Crippen LogP contribution is 2.37. The molecule has 1 aliphatic heterocycles. The Morgan fingerprint density at radius 3 is 2.80 bits per heavy atom. The molecular formula is C15H16ClNO2S. The molecule has 0 spiro atoms. The van der Waals surface area contributed by atoms with Crippen LogP contribution < -0.4 is 0 Å². The van der Waals surface area contributed by atoms with Crippen molar-refractivity contribution >= 4 is 38.9 Å². The number of fused-ring (bicyclic) bond motifs is 1. The first-order valence-corrected chi connectivity index (χ1v) is 7.92. The lowest BCUT2D eigenvalue weighted by Gasteiger charge is -2.46. The van der Waals surface area contributed by atoms with Crippen LogP contribution in [0.3, 0.4) is 0 Å². The summed E-state index contributed by atoms with van der Waals surface area (Å²) in [5, 5.41) is 11.6. The topological polar surface area (TPSA) is 40.5 Å². The molecule has 2 heterocycles. The summed E-state index contributed by atoms with van der Waals surface area (Å²) in [7, 11) is 0. The minimum Gasteiger partial charge on any atom is -0.386 e. The van der Waals surface area contributed by atoms with E-state index in [-0.39, 0.29) is 5.91 Å². The van der Waals surface area contributed by atoms with Crippen molar-refractivity contribution in [2.75, 3.05) is 13.1 Å². The number of aliphatic hydroxyl groups is 1. The Morgan fingerprint density at radius 2 is 2.15 bits per heavy atom. The van der Waals surface area contributed by atoms with Crippen molar-refractivity contribution in [2.24, 2.45) is 0 Å². The largest absolute Gasteiger partial charge is 0.386 e. The van der Waals surface area contributed by atoms with E-state index >= 15 is 0 Å². The zero-order chi connectivity index (χ0) is 14.3. The van der Waals surface area contributed by atoms with Crippen LogP contribution in [0.4, 0.5) is 0 Å². The predicted octanol–water partition coefficient (Wildman–Crippen LogP) is 3.54. The molecule has 2 aromatic rings. The number of hydrogen-bond acceptors (Lipinski definition) is 3. The van der Waals surface area contributed by atoms with E-state index in [4.69, 9.17) is 11.6 Å². The first-order valence-electron chi connectivity index (χ1n) is 6.73. The number of β-amino-alcohol motifs (C(OH)–C–C–N with tert-alkyl or cyclic N) is 1. The van der Waals surface area contributed by atoms with Crippen LogP contribution in [0.5, 0.6) is 0 Å². The quantitative estimate of drug-likeness (QED) is 0.942. The normalized spacial score (nSPS) is 17.2. The number of carbonyl (C=O) groups is 1. The van der Waals surface area contributed by atoms with Crippen LogP contribution in [0, 0.1) is 0 Å². The predicted molar refractivity (Wildman–Crippen MR) is 82.6 cm³/mol. The van der Waals surface area contributed by atoms with E-state index in [1.807, 2.05) is 31.2 Å². The minimum atomic E-state index is -0.701. The van der Waals surface area contributed by atoms with Crippen molar-refractivity contribution in [1.29, 1.82) is 0 Å². The van der Waals surface area contributed by atoms with Crippen LogP contribution in [-0.4, -0.2) is 34.6 Å². The van der Waals surface area contributed by atoms with E-state index in [1.54, 1.807) is 4.90 Å². The summed E-state index contributed by atoms with van der Waals surface area (Å²) in [6, 6.07) is 7.74. The first kappa shape index (κ1) is 13.9. The summed E-state index contributed by atoms with van der Waals surface area (Å²) in [5.74, 6) is -0.0722. The average Bonchev–Trinajstić information content (AvgIpc) is 2.73. The number of halogens is 1. The summed E-state index contributed by atoms with van der Waals surface area (Å²) in [6.45, 7) is 2.85. The Hall–Kier alpha value is -1.10. The van der Waals surface area contributed by atoms with Crippen LogP contribution >= 0.6 is 22.9 Å². The molecule has 1 aromatic carbocycles. The number of benzene rings is 1. The van der Waals surface area contributed by atoms with Gasteiger partial charge in [-0.3, -0.25) is 4.79 Å². The average molecular weight is 310 g/mol. The zero-order valence-electron chi connectivity index (χ0n) is 11.2. The second-order valence-electron chi connectivity index (χ2n) is 5.38. The number of nitrogens with zero attached hydrogens (tertiary/aromatic N) is 1. The maximum atomic E-state index is 12.5. The number of rotatable bonds is 3. The van der Waals surface area contributed by atoms with Crippen molar-refractivity contribution in [3.8, 4) is 0 Å². The smallest absolute Gasteiger partial charge is 0.265 e. The molecular weight excluding hydrogens is 294 g/mol. The third-order valence-electron chi connectivity index (χ3n) is 3.70. The van der Waals surface area contributed by atoms with Crippen molar-refractivity contribution in [2.45, 2.75) is 25.4 Å². The van der Waals surface area contributed by atoms with Gasteiger partial charge in [0.1, 0.15) is 4.88 Å². The number of thiophene rings is 1. The third kappa shape index (κ3) is 2.22. The van der Waals surface area contributed by atoms with Gasteiger partial charge in [-0.05, 0) is 12.5 Å². The van der Waals surface area contributed by atoms with Crippen LogP contribution in [0.1, 0.15) is 29.4 Å². The minimum absolute atomic E-state index is 0.0722. The fourth-order valence-electron chi connectivity index (χ4n) is 2.73. The zero-order valence-corrected chi connectivity index (χ0v) is 12.8. The van der Waals surface area contributed by atoms with Gasteiger partial charge in [-0.15, -0.1) is 11.3 Å². The molecule has 1 aliphatic rings. The summed E-state index contributed by atoms with van der Waals surface area (Å²) in [4.78, 5) is 14.7. The SMILES string of the molecule is CCCC1(O)CN(C(=O)c2sc3ccccc3c2Cl)C1. The van der Waals surface area contributed by atoms with Gasteiger partial charge >= 0.3 is 0 Å². The number of amides is 1. The van der Waals surface area contributed by atoms with Gasteiger partial charge in [0.05, 0.1) is 23.7 Å². The molecule has 1 saturated heterocycles. The van der Waals surface area contributed by atoms with Gasteiger partial charge in [0, 0.05) is 10.1 Å². The lowest BCUT2D eigenvalue weighted by molar-refractivity contribution is -0.0858. The lowest BCUT2D eigenvalue weighted by Crippen LogP contribution is -2.63. The molecule has 0 bridgehead atoms. The lowest BCUT2D eigenvalue weighted by atomic mass is 9.89. The molecule has 20 heavy (non-hydrogen) atoms. The fraction of sp³-hybridized carbons (Fsp3) is 0.400. The molecule has 0 aliphatic carbocycles. The van der Waals surface area contributed by atoms with Gasteiger partial charge in [0.15, 0.2) is 0 Å². The second-order valence-corrected chi connectivity index (χ2v) is 6.81. The Bertz CT molecular complexity index is 661. The van der Waals surface area contributed by atoms with Gasteiger partial charge in [0.25, 0.3) is 5.91 Å². The van der Waals surface area contributed by atoms with Crippen molar-refractivity contribution in [3.63, 3.8) is 0 Å². The molecule has 0 saturated carbocycles. The molecule has 0 unspecified atom stereocenters. The summed E-state index contributed by atoms with van der Waals surface area (Å²) < 4.78 is 1.02. The number of carbonyl (C=O) groups excluding carboxylic acids is 1. The van der Waals surface area contributed by atoms with Crippen LogP contribution in [0.25, 0.3) is 10.1 Å². The van der Waals surface area contributed by atoms with E-state index < -0.39 is 5.60 Å². The molecule has 106 valence electrons. The second kappa shape index (κ2) is 5.02. The van der Waals surface area contributed by atoms with Crippen LogP contribution in [0.15, 0.2) is 24.3 Å². The van der Waals surface area contributed by atoms with Crippen LogP contribution in [-0.2, 0) is 0 Å². The van der Waals surface area contributed by atoms with Gasteiger partial charge in [0.2, 0.25) is 0 Å². The molecule has 5 heteroatoms. The van der Waals surface area contributed by atoms with Crippen LogP contribution in [0.2, 0.25) is 5.02 Å². The fourth-order valence-corrected chi connectivity index (χ4v) is 4.21. The maximum Gasteiger partial charge on any atom is 0.265 e. The van der Waals surface area contributed by atoms with Crippen molar-refractivity contribution < 1.29 is 9.90 Å². The summed E-state index contributed by atoms with van der Waals surface area (Å²) in [6.07, 6.45) is 1.65. The van der Waals surface area contributed by atoms with E-state index in [0.717, 1.165) is 22.9 Å². The van der Waals surface area contributed by atoms with E-state index in [1.165, 1.54) is 11.3 Å². The first-order chi connectivity index (χ1) is 9.54. The molecule has 1 N–H and O–H groups in total. The third-order valence-corrected chi connectivity index (χ3v) is 5.37. The summed E-state index contributed by atoms with van der Waals surface area (Å²) >= 11 is 7.73. The molecule has 1 amide bonds. The number of likely N-dealkylation sites (tertiary alicyclic amines) is 1. The maximum absolute atomic E-state index is 12.5. The van der Waals surface area contributed by atoms with Crippen molar-refractivity contribution in [1.82, 2.24) is 4.90 Å². The number of hydrogen-bond donors (Lipinski definition) is 1. The molecule has 0 radical (unpaired) electrons. The molecule has 1 aromatic heterocycles. The Labute approximate surface area is 126 Å². The molecule has 3 rings (SSSR count).